The van der Waals surface area contributed by atoms with Crippen molar-refractivity contribution in [3.05, 3.63) is 18.7 Å². The summed E-state index contributed by atoms with van der Waals surface area (Å²) in [7, 11) is 1.88. The van der Waals surface area contributed by atoms with E-state index < -0.39 is 12.0 Å². The second kappa shape index (κ2) is 30.9. The highest BCUT2D eigenvalue weighted by molar-refractivity contribution is 5.84. The van der Waals surface area contributed by atoms with Gasteiger partial charge in [-0.3, -0.25) is 9.59 Å². The van der Waals surface area contributed by atoms with Gasteiger partial charge in [0.2, 0.25) is 6.33 Å². The molecule has 1 aromatic heterocycles. The number of unbranched alkanes of at least 4 members (excludes halogenated alkanes) is 22. The molecule has 0 saturated heterocycles. The Balaban J connectivity index is 2.25. The van der Waals surface area contributed by atoms with Gasteiger partial charge >= 0.3 is 11.9 Å². The first kappa shape index (κ1) is 42.6. The van der Waals surface area contributed by atoms with Crippen molar-refractivity contribution in [3.63, 3.8) is 0 Å². The van der Waals surface area contributed by atoms with Crippen LogP contribution in [0.5, 0.6) is 0 Å². The highest BCUT2D eigenvalue weighted by Gasteiger charge is 2.24. The molecule has 0 aliphatic heterocycles. The first-order valence-electron chi connectivity index (χ1n) is 19.6. The topological polar surface area (TPSA) is 90.5 Å². The summed E-state index contributed by atoms with van der Waals surface area (Å²) in [6.45, 7) is 5.34. The van der Waals surface area contributed by atoms with Crippen LogP contribution in [0.3, 0.4) is 0 Å². The van der Waals surface area contributed by atoms with Crippen molar-refractivity contribution in [3.8, 4) is 0 Å². The molecule has 1 amide bonds. The molecule has 0 aliphatic rings. The summed E-state index contributed by atoms with van der Waals surface area (Å²) in [5.74, 6) is -1.11. The molecule has 0 fully saturated rings. The highest BCUT2D eigenvalue weighted by atomic mass is 16.5. The van der Waals surface area contributed by atoms with Crippen molar-refractivity contribution in [1.82, 2.24) is 9.88 Å². The Morgan fingerprint density at radius 2 is 1.06 bits per heavy atom. The number of nitrogens with zero attached hydrogens (tertiary/aromatic N) is 2. The van der Waals surface area contributed by atoms with E-state index in [2.05, 4.69) is 19.2 Å². The minimum atomic E-state index is -0.872. The Bertz CT molecular complexity index is 903. The SMILES string of the molecule is CCCCCCCCCCCCCCOC(=O)CCC(NC(=O)Cn1cc[n+](C)c1)C(=O)OCCCCCCCCCCCCCC. The average molecular weight is 663 g/mol. The fourth-order valence-corrected chi connectivity index (χ4v) is 5.93. The van der Waals surface area contributed by atoms with Gasteiger partial charge in [0.15, 0.2) is 6.54 Å². The molecule has 0 spiro atoms. The Morgan fingerprint density at radius 3 is 1.49 bits per heavy atom. The van der Waals surface area contributed by atoms with Gasteiger partial charge in [-0.2, -0.15) is 0 Å². The van der Waals surface area contributed by atoms with E-state index in [1.807, 2.05) is 17.8 Å². The molecule has 8 nitrogen and oxygen atoms in total. The Morgan fingerprint density at radius 1 is 0.638 bits per heavy atom. The van der Waals surface area contributed by atoms with E-state index in [1.165, 1.54) is 122 Å². The molecule has 0 aromatic carbocycles. The summed E-state index contributed by atoms with van der Waals surface area (Å²) in [4.78, 5) is 38.1. The van der Waals surface area contributed by atoms with Crippen LogP contribution in [0.4, 0.5) is 0 Å². The zero-order valence-electron chi connectivity index (χ0n) is 30.8. The van der Waals surface area contributed by atoms with Crippen LogP contribution in [0.2, 0.25) is 0 Å². The zero-order chi connectivity index (χ0) is 34.2. The van der Waals surface area contributed by atoms with E-state index in [9.17, 15) is 14.4 Å². The molecule has 1 N–H and O–H groups in total. The summed E-state index contributed by atoms with van der Waals surface area (Å²) >= 11 is 0. The number of hydrogen-bond acceptors (Lipinski definition) is 5. The third-order valence-electron chi connectivity index (χ3n) is 8.91. The molecule has 0 saturated carbocycles. The first-order chi connectivity index (χ1) is 23.0. The second-order valence-electron chi connectivity index (χ2n) is 13.6. The second-order valence-corrected chi connectivity index (χ2v) is 13.6. The van der Waals surface area contributed by atoms with Crippen molar-refractivity contribution in [2.45, 2.75) is 193 Å². The molecule has 1 unspecified atom stereocenters. The van der Waals surface area contributed by atoms with Crippen LogP contribution in [0.1, 0.15) is 181 Å². The lowest BCUT2D eigenvalue weighted by atomic mass is 10.1. The number of hydrogen-bond donors (Lipinski definition) is 1. The molecular formula is C39H72N3O5+. The number of nitrogens with one attached hydrogen (secondary N) is 1. The molecule has 1 rings (SSSR count). The fourth-order valence-electron chi connectivity index (χ4n) is 5.93. The Kier molecular flexibility index (Phi) is 28.1. The Hall–Kier alpha value is -2.38. The molecule has 8 heteroatoms. The van der Waals surface area contributed by atoms with Crippen molar-refractivity contribution in [2.24, 2.45) is 7.05 Å². The summed E-state index contributed by atoms with van der Waals surface area (Å²) < 4.78 is 14.6. The van der Waals surface area contributed by atoms with Gasteiger partial charge in [-0.1, -0.05) is 155 Å². The number of amides is 1. The van der Waals surface area contributed by atoms with Gasteiger partial charge in [0, 0.05) is 6.42 Å². The molecule has 0 aliphatic carbocycles. The first-order valence-corrected chi connectivity index (χ1v) is 19.6. The summed E-state index contributed by atoms with van der Waals surface area (Å²) in [6, 6.07) is -0.872. The van der Waals surface area contributed by atoms with Gasteiger partial charge in [-0.25, -0.2) is 13.9 Å². The summed E-state index contributed by atoms with van der Waals surface area (Å²) in [6.07, 6.45) is 35.6. The maximum Gasteiger partial charge on any atom is 0.328 e. The van der Waals surface area contributed by atoms with Crippen LogP contribution >= 0.6 is 0 Å². The molecule has 0 radical (unpaired) electrons. The number of imidazole rings is 1. The zero-order valence-corrected chi connectivity index (χ0v) is 30.8. The molecule has 47 heavy (non-hydrogen) atoms. The van der Waals surface area contributed by atoms with Crippen molar-refractivity contribution >= 4 is 17.8 Å². The summed E-state index contributed by atoms with van der Waals surface area (Å²) in [5, 5.41) is 2.79. The monoisotopic (exact) mass is 663 g/mol. The van der Waals surface area contributed by atoms with Gasteiger partial charge < -0.3 is 14.8 Å². The lowest BCUT2D eigenvalue weighted by Gasteiger charge is -2.17. The predicted molar refractivity (Wildman–Crippen MR) is 191 cm³/mol. The van der Waals surface area contributed by atoms with Crippen LogP contribution in [0, 0.1) is 0 Å². The van der Waals surface area contributed by atoms with Crippen LogP contribution in [0.25, 0.3) is 0 Å². The van der Waals surface area contributed by atoms with Crippen LogP contribution in [-0.2, 0) is 37.4 Å². The lowest BCUT2D eigenvalue weighted by Crippen LogP contribution is -2.43. The van der Waals surface area contributed by atoms with E-state index in [4.69, 9.17) is 9.47 Å². The van der Waals surface area contributed by atoms with E-state index in [0.717, 1.165) is 32.1 Å². The largest absolute Gasteiger partial charge is 0.466 e. The van der Waals surface area contributed by atoms with Crippen LogP contribution in [0.15, 0.2) is 18.7 Å². The van der Waals surface area contributed by atoms with E-state index >= 15 is 0 Å². The van der Waals surface area contributed by atoms with Gasteiger partial charge in [-0.05, 0) is 19.3 Å². The van der Waals surface area contributed by atoms with Gasteiger partial charge in [0.25, 0.3) is 5.91 Å². The molecule has 272 valence electrons. The number of carbonyl (C=O) groups excluding carboxylic acids is 3. The van der Waals surface area contributed by atoms with E-state index in [-0.39, 0.29) is 31.3 Å². The normalized spacial score (nSPS) is 11.8. The number of rotatable bonds is 33. The molecule has 1 aromatic rings. The lowest BCUT2D eigenvalue weighted by molar-refractivity contribution is -0.671. The third-order valence-corrected chi connectivity index (χ3v) is 8.91. The molecule has 1 atom stereocenters. The van der Waals surface area contributed by atoms with Crippen molar-refractivity contribution in [2.75, 3.05) is 13.2 Å². The average Bonchev–Trinajstić information content (AvgIpc) is 3.47. The van der Waals surface area contributed by atoms with Crippen molar-refractivity contribution < 1.29 is 28.4 Å². The van der Waals surface area contributed by atoms with Gasteiger partial charge in [-0.15, -0.1) is 0 Å². The quantitative estimate of drug-likeness (QED) is 0.0461. The third kappa shape index (κ3) is 26.3. The highest BCUT2D eigenvalue weighted by Crippen LogP contribution is 2.14. The maximum atomic E-state index is 12.9. The number of carbonyl (C=O) groups is 3. The van der Waals surface area contributed by atoms with Crippen LogP contribution in [-0.4, -0.2) is 41.7 Å². The number of esters is 2. The number of aryl methyl sites for hydroxylation is 1. The maximum absolute atomic E-state index is 12.9. The molecular weight excluding hydrogens is 590 g/mol. The van der Waals surface area contributed by atoms with Crippen LogP contribution < -0.4 is 9.88 Å². The minimum Gasteiger partial charge on any atom is -0.466 e. The Labute approximate surface area is 288 Å². The van der Waals surface area contributed by atoms with E-state index in [1.54, 1.807) is 17.1 Å². The standard InChI is InChI=1S/C39H71N3O5/c1-4-6-8-10-12-14-16-18-20-22-24-26-32-46-38(44)29-28-36(40-37(43)34-42-31-30-41(3)35-42)39(45)47-33-27-25-23-21-19-17-15-13-11-9-7-5-2/h30-31,35-36H,4-29,32-34H2,1-3H3/p+1. The smallest absolute Gasteiger partial charge is 0.328 e. The van der Waals surface area contributed by atoms with Gasteiger partial charge in [0.1, 0.15) is 18.4 Å². The molecule has 1 heterocycles. The molecule has 0 bridgehead atoms. The van der Waals surface area contributed by atoms with Gasteiger partial charge in [0.05, 0.1) is 20.3 Å². The fraction of sp³-hybridized carbons (Fsp3) is 0.846. The van der Waals surface area contributed by atoms with E-state index in [0.29, 0.717) is 13.2 Å². The van der Waals surface area contributed by atoms with Crippen molar-refractivity contribution in [1.29, 1.82) is 0 Å². The summed E-state index contributed by atoms with van der Waals surface area (Å²) in [5.41, 5.74) is 0. The predicted octanol–water partition coefficient (Wildman–Crippen LogP) is 9.07. The minimum absolute atomic E-state index is 0.0649. The number of ether oxygens (including phenoxy) is 2. The number of aromatic nitrogens is 2.